The van der Waals surface area contributed by atoms with Gasteiger partial charge < -0.3 is 14.2 Å². The predicted octanol–water partition coefficient (Wildman–Crippen LogP) is 4.02. The number of amides is 1. The molecule has 2 aromatic rings. The molecule has 1 saturated carbocycles. The third-order valence-electron chi connectivity index (χ3n) is 6.66. The number of hydrogen-bond donors (Lipinski definition) is 0. The summed E-state index contributed by atoms with van der Waals surface area (Å²) in [6.45, 7) is 7.49. The Balaban J connectivity index is 1.50. The van der Waals surface area contributed by atoms with Gasteiger partial charge in [-0.1, -0.05) is 36.3 Å². The number of ether oxygens (including phenoxy) is 1. The molecule has 0 radical (unpaired) electrons. The van der Waals surface area contributed by atoms with Crippen molar-refractivity contribution in [1.82, 2.24) is 10.1 Å². The number of aryl methyl sites for hydroxylation is 1. The minimum absolute atomic E-state index is 0.172. The molecule has 160 valence electrons. The Morgan fingerprint density at radius 2 is 1.97 bits per heavy atom. The lowest BCUT2D eigenvalue weighted by Crippen LogP contribution is -2.48. The molecule has 0 bridgehead atoms. The summed E-state index contributed by atoms with van der Waals surface area (Å²) in [5, 5.41) is 4.24. The van der Waals surface area contributed by atoms with E-state index in [1.54, 1.807) is 0 Å². The van der Waals surface area contributed by atoms with Gasteiger partial charge in [0.25, 0.3) is 0 Å². The van der Waals surface area contributed by atoms with Gasteiger partial charge in [-0.3, -0.25) is 9.59 Å². The first kappa shape index (κ1) is 20.6. The van der Waals surface area contributed by atoms with Gasteiger partial charge in [0.1, 0.15) is 11.5 Å². The number of aromatic nitrogens is 1. The monoisotopic (exact) mass is 410 g/mol. The number of rotatable bonds is 6. The Morgan fingerprint density at radius 3 is 2.60 bits per heavy atom. The normalized spacial score (nSPS) is 22.6. The topological polar surface area (TPSA) is 72.6 Å². The van der Waals surface area contributed by atoms with Gasteiger partial charge in [0.2, 0.25) is 5.91 Å². The molecule has 1 amide bonds. The second kappa shape index (κ2) is 8.25. The van der Waals surface area contributed by atoms with Crippen molar-refractivity contribution < 1.29 is 18.8 Å². The predicted molar refractivity (Wildman–Crippen MR) is 113 cm³/mol. The summed E-state index contributed by atoms with van der Waals surface area (Å²) in [6.07, 6.45) is 2.59. The number of carbonyl (C=O) groups is 2. The summed E-state index contributed by atoms with van der Waals surface area (Å²) in [4.78, 5) is 27.5. The van der Waals surface area contributed by atoms with Crippen LogP contribution in [-0.2, 0) is 20.7 Å². The van der Waals surface area contributed by atoms with Crippen LogP contribution in [0.25, 0.3) is 11.3 Å². The zero-order valence-electron chi connectivity index (χ0n) is 18.0. The molecule has 1 saturated heterocycles. The highest BCUT2D eigenvalue weighted by Crippen LogP contribution is 2.42. The fraction of sp³-hybridized carbons (Fsp3) is 0.542. The van der Waals surface area contributed by atoms with Crippen molar-refractivity contribution in [3.8, 4) is 11.3 Å². The average molecular weight is 411 g/mol. The van der Waals surface area contributed by atoms with E-state index in [4.69, 9.17) is 9.26 Å². The lowest BCUT2D eigenvalue weighted by Gasteiger charge is -2.39. The quantitative estimate of drug-likeness (QED) is 0.673. The minimum atomic E-state index is -0.676. The molecule has 2 heterocycles. The first-order valence-electron chi connectivity index (χ1n) is 10.9. The van der Waals surface area contributed by atoms with Crippen LogP contribution in [0.1, 0.15) is 44.4 Å². The molecule has 30 heavy (non-hydrogen) atoms. The molecular formula is C24H30N2O4. The maximum atomic E-state index is 12.9. The highest BCUT2D eigenvalue weighted by atomic mass is 16.5. The Bertz CT molecular complexity index is 927. The second-order valence-corrected chi connectivity index (χ2v) is 8.82. The fourth-order valence-electron chi connectivity index (χ4n) is 4.51. The third-order valence-corrected chi connectivity index (χ3v) is 6.66. The van der Waals surface area contributed by atoms with Crippen LogP contribution in [0.4, 0.5) is 0 Å². The number of piperidine rings is 1. The van der Waals surface area contributed by atoms with E-state index in [-0.39, 0.29) is 17.8 Å². The van der Waals surface area contributed by atoms with Gasteiger partial charge in [0, 0.05) is 37.1 Å². The largest absolute Gasteiger partial charge is 0.466 e. The molecule has 6 heteroatoms. The van der Waals surface area contributed by atoms with E-state index in [9.17, 15) is 9.59 Å². The average Bonchev–Trinajstić information content (AvgIpc) is 3.30. The van der Waals surface area contributed by atoms with E-state index >= 15 is 0 Å². The van der Waals surface area contributed by atoms with Crippen LogP contribution in [-0.4, -0.2) is 41.6 Å². The van der Waals surface area contributed by atoms with Crippen LogP contribution < -0.4 is 0 Å². The molecule has 1 aliphatic heterocycles. The van der Waals surface area contributed by atoms with E-state index in [0.717, 1.165) is 23.2 Å². The third kappa shape index (κ3) is 4.00. The number of benzene rings is 1. The highest BCUT2D eigenvalue weighted by molar-refractivity contribution is 5.82. The van der Waals surface area contributed by atoms with E-state index in [0.29, 0.717) is 50.6 Å². The van der Waals surface area contributed by atoms with E-state index in [1.165, 1.54) is 0 Å². The molecule has 2 atom stereocenters. The first-order chi connectivity index (χ1) is 14.4. The lowest BCUT2D eigenvalue weighted by molar-refractivity contribution is -0.160. The molecule has 6 nitrogen and oxygen atoms in total. The van der Waals surface area contributed by atoms with Gasteiger partial charge in [-0.2, -0.15) is 0 Å². The van der Waals surface area contributed by atoms with Crippen molar-refractivity contribution in [2.45, 2.75) is 46.5 Å². The smallest absolute Gasteiger partial charge is 0.312 e. The van der Waals surface area contributed by atoms with Crippen molar-refractivity contribution >= 4 is 11.9 Å². The zero-order chi connectivity index (χ0) is 21.3. The van der Waals surface area contributed by atoms with Gasteiger partial charge in [-0.25, -0.2) is 0 Å². The van der Waals surface area contributed by atoms with E-state index < -0.39 is 5.41 Å². The van der Waals surface area contributed by atoms with E-state index in [1.807, 2.05) is 49.1 Å². The van der Waals surface area contributed by atoms with E-state index in [2.05, 4.69) is 12.1 Å². The SMILES string of the molecule is CCOC(=O)C1(Cc2cc(-c3ccccc3C)no2)CCN(C(=O)C2CC2C)CC1. The van der Waals surface area contributed by atoms with Gasteiger partial charge in [-0.15, -0.1) is 0 Å². The summed E-state index contributed by atoms with van der Waals surface area (Å²) >= 11 is 0. The molecule has 2 fully saturated rings. The first-order valence-corrected chi connectivity index (χ1v) is 10.9. The Labute approximate surface area is 177 Å². The standard InChI is InChI=1S/C24H30N2O4/c1-4-29-23(28)24(9-11-26(12-10-24)22(27)20-13-17(20)3)15-18-14-21(25-30-18)19-8-6-5-7-16(19)2/h5-8,14,17,20H,4,9-13,15H2,1-3H3. The molecule has 2 aliphatic rings. The maximum absolute atomic E-state index is 12.9. The number of carbonyl (C=O) groups excluding carboxylic acids is 2. The molecule has 0 N–H and O–H groups in total. The minimum Gasteiger partial charge on any atom is -0.466 e. The molecule has 2 unspecified atom stereocenters. The van der Waals surface area contributed by atoms with Crippen LogP contribution in [0, 0.1) is 24.2 Å². The van der Waals surface area contributed by atoms with Gasteiger partial charge >= 0.3 is 5.97 Å². The summed E-state index contributed by atoms with van der Waals surface area (Å²) < 4.78 is 11.1. The van der Waals surface area contributed by atoms with Crippen molar-refractivity contribution in [3.63, 3.8) is 0 Å². The van der Waals surface area contributed by atoms with Crippen molar-refractivity contribution in [2.75, 3.05) is 19.7 Å². The van der Waals surface area contributed by atoms with Crippen LogP contribution in [0.15, 0.2) is 34.9 Å². The number of likely N-dealkylation sites (tertiary alicyclic amines) is 1. The van der Waals surface area contributed by atoms with Gasteiger partial charge in [-0.05, 0) is 44.6 Å². The summed E-state index contributed by atoms with van der Waals surface area (Å²) in [5.41, 5.74) is 2.25. The molecular weight excluding hydrogens is 380 g/mol. The fourth-order valence-corrected chi connectivity index (χ4v) is 4.51. The summed E-state index contributed by atoms with van der Waals surface area (Å²) in [7, 11) is 0. The maximum Gasteiger partial charge on any atom is 0.312 e. The van der Waals surface area contributed by atoms with Crippen molar-refractivity contribution in [2.24, 2.45) is 17.3 Å². The molecule has 4 rings (SSSR count). The van der Waals surface area contributed by atoms with Gasteiger partial charge in [0.15, 0.2) is 0 Å². The Hall–Kier alpha value is -2.63. The van der Waals surface area contributed by atoms with Crippen LogP contribution in [0.2, 0.25) is 0 Å². The number of hydrogen-bond acceptors (Lipinski definition) is 5. The molecule has 1 aromatic carbocycles. The van der Waals surface area contributed by atoms with Crippen molar-refractivity contribution in [1.29, 1.82) is 0 Å². The molecule has 0 spiro atoms. The summed E-state index contributed by atoms with van der Waals surface area (Å²) in [6, 6.07) is 9.95. The highest BCUT2D eigenvalue weighted by Gasteiger charge is 2.47. The lowest BCUT2D eigenvalue weighted by atomic mass is 9.74. The van der Waals surface area contributed by atoms with Crippen LogP contribution in [0.3, 0.4) is 0 Å². The number of esters is 1. The second-order valence-electron chi connectivity index (χ2n) is 8.82. The number of nitrogens with zero attached hydrogens (tertiary/aromatic N) is 2. The molecule has 1 aliphatic carbocycles. The Morgan fingerprint density at radius 1 is 1.27 bits per heavy atom. The molecule has 1 aromatic heterocycles. The van der Waals surface area contributed by atoms with Gasteiger partial charge in [0.05, 0.1) is 12.0 Å². The van der Waals surface area contributed by atoms with Crippen LogP contribution >= 0.6 is 0 Å². The summed E-state index contributed by atoms with van der Waals surface area (Å²) in [5.74, 6) is 1.37. The van der Waals surface area contributed by atoms with Crippen LogP contribution in [0.5, 0.6) is 0 Å². The Kier molecular flexibility index (Phi) is 5.67. The van der Waals surface area contributed by atoms with Crippen molar-refractivity contribution in [3.05, 3.63) is 41.7 Å². The zero-order valence-corrected chi connectivity index (χ0v) is 18.0.